The van der Waals surface area contributed by atoms with Crippen LogP contribution in [0, 0.1) is 0 Å². The summed E-state index contributed by atoms with van der Waals surface area (Å²) in [4.78, 5) is 9.28. The number of unbranched alkanes of at least 4 members (excludes halogenated alkanes) is 1. The molecule has 1 atom stereocenters. The molecule has 0 saturated heterocycles. The van der Waals surface area contributed by atoms with Crippen molar-refractivity contribution in [3.63, 3.8) is 0 Å². The van der Waals surface area contributed by atoms with E-state index in [4.69, 9.17) is 11.6 Å². The number of H-pyrrole nitrogens is 1. The van der Waals surface area contributed by atoms with Gasteiger partial charge in [-0.25, -0.2) is 13.4 Å². The van der Waals surface area contributed by atoms with Crippen LogP contribution in [0.5, 0.6) is 0 Å². The highest BCUT2D eigenvalue weighted by molar-refractivity contribution is 7.89. The van der Waals surface area contributed by atoms with Crippen LogP contribution in [0.25, 0.3) is 0 Å². The first-order valence-corrected chi connectivity index (χ1v) is 12.1. The van der Waals surface area contributed by atoms with E-state index < -0.39 is 21.2 Å². The zero-order chi connectivity index (χ0) is 23.6. The Labute approximate surface area is 192 Å². The average molecular weight is 482 g/mol. The highest BCUT2D eigenvalue weighted by Gasteiger charge is 2.39. The van der Waals surface area contributed by atoms with Gasteiger partial charge in [0.15, 0.2) is 11.5 Å². The lowest BCUT2D eigenvalue weighted by Crippen LogP contribution is -2.43. The van der Waals surface area contributed by atoms with Crippen LogP contribution in [0.4, 0.5) is 0 Å². The molecule has 0 spiro atoms. The number of nitrogens with one attached hydrogen (secondary N) is 1. The van der Waals surface area contributed by atoms with Crippen LogP contribution < -0.4 is 0 Å². The molecule has 0 amide bonds. The Morgan fingerprint density at radius 3 is 2.44 bits per heavy atom. The van der Waals surface area contributed by atoms with Gasteiger partial charge in [0.25, 0.3) is 0 Å². The second kappa shape index (κ2) is 9.34. The number of aliphatic imine (C=N–C) groups is 2. The summed E-state index contributed by atoms with van der Waals surface area (Å²) in [6.07, 6.45) is 3.01. The summed E-state index contributed by atoms with van der Waals surface area (Å²) >= 11 is 6.17. The maximum Gasteiger partial charge on any atom is 0.243 e. The molecule has 32 heavy (non-hydrogen) atoms. The molecular weight excluding hydrogens is 454 g/mol. The van der Waals surface area contributed by atoms with Crippen LogP contribution in [0.15, 0.2) is 39.1 Å². The first kappa shape index (κ1) is 24.4. The Bertz CT molecular complexity index is 1100. The van der Waals surface area contributed by atoms with Gasteiger partial charge in [0.2, 0.25) is 10.0 Å². The van der Waals surface area contributed by atoms with E-state index in [0.29, 0.717) is 18.6 Å². The van der Waals surface area contributed by atoms with Gasteiger partial charge in [0.1, 0.15) is 10.9 Å². The van der Waals surface area contributed by atoms with E-state index in [1.807, 2.05) is 0 Å². The molecule has 2 N–H and O–H groups in total. The summed E-state index contributed by atoms with van der Waals surface area (Å²) in [6.45, 7) is 5.23. The van der Waals surface area contributed by atoms with Crippen molar-refractivity contribution in [3.8, 4) is 0 Å². The number of hydrogen-bond donors (Lipinski definition) is 2. The summed E-state index contributed by atoms with van der Waals surface area (Å²) in [5, 5.41) is 23.5. The fraction of sp³-hybridized carbons (Fsp3) is 0.550. The van der Waals surface area contributed by atoms with Crippen molar-refractivity contribution in [2.24, 2.45) is 9.98 Å². The van der Waals surface area contributed by atoms with Gasteiger partial charge in [-0.05, 0) is 44.4 Å². The summed E-state index contributed by atoms with van der Waals surface area (Å²) in [5.41, 5.74) is -0.522. The van der Waals surface area contributed by atoms with Crippen molar-refractivity contribution in [2.75, 3.05) is 13.7 Å². The first-order chi connectivity index (χ1) is 15.1. The monoisotopic (exact) mass is 481 g/mol. The van der Waals surface area contributed by atoms with Gasteiger partial charge in [-0.2, -0.15) is 9.52 Å². The molecule has 3 rings (SSSR count). The molecule has 12 heteroatoms. The van der Waals surface area contributed by atoms with Crippen LogP contribution in [0.3, 0.4) is 0 Å². The fourth-order valence-corrected chi connectivity index (χ4v) is 5.27. The minimum atomic E-state index is -3.82. The van der Waals surface area contributed by atoms with Gasteiger partial charge in [-0.15, -0.1) is 10.2 Å². The molecule has 1 aliphatic heterocycles. The van der Waals surface area contributed by atoms with Gasteiger partial charge in [-0.1, -0.05) is 42.3 Å². The maximum absolute atomic E-state index is 13.2. The van der Waals surface area contributed by atoms with Crippen molar-refractivity contribution in [3.05, 3.63) is 35.7 Å². The van der Waals surface area contributed by atoms with E-state index in [1.165, 1.54) is 11.4 Å². The van der Waals surface area contributed by atoms with Crippen LogP contribution >= 0.6 is 11.6 Å². The molecule has 2 aromatic rings. The van der Waals surface area contributed by atoms with Gasteiger partial charge in [0.05, 0.1) is 17.0 Å². The number of tetrazole rings is 1. The lowest BCUT2D eigenvalue weighted by molar-refractivity contribution is 0.255. The number of halogens is 1. The zero-order valence-electron chi connectivity index (χ0n) is 18.6. The van der Waals surface area contributed by atoms with Gasteiger partial charge >= 0.3 is 0 Å². The lowest BCUT2D eigenvalue weighted by atomic mass is 9.95. The molecule has 1 aromatic heterocycles. The average Bonchev–Trinajstić information content (AvgIpc) is 3.41. The number of benzene rings is 1. The smallest absolute Gasteiger partial charge is 0.243 e. The fourth-order valence-electron chi connectivity index (χ4n) is 3.54. The molecule has 1 aliphatic rings. The van der Waals surface area contributed by atoms with E-state index in [1.54, 1.807) is 38.1 Å². The molecule has 1 aromatic carbocycles. The van der Waals surface area contributed by atoms with E-state index in [0.717, 1.165) is 18.4 Å². The molecule has 174 valence electrons. The molecule has 0 radical (unpaired) electrons. The predicted molar refractivity (Wildman–Crippen MR) is 122 cm³/mol. The number of aliphatic hydroxyl groups excluding tert-OH is 1. The van der Waals surface area contributed by atoms with Crippen molar-refractivity contribution in [1.29, 1.82) is 0 Å². The molecular formula is C20H28ClN7O3S. The van der Waals surface area contributed by atoms with Gasteiger partial charge in [-0.3, -0.25) is 4.99 Å². The third-order valence-corrected chi connectivity index (χ3v) is 8.06. The van der Waals surface area contributed by atoms with Crippen LogP contribution in [0.2, 0.25) is 0 Å². The largest absolute Gasteiger partial charge is 0.390 e. The second-order valence-corrected chi connectivity index (χ2v) is 10.6. The second-order valence-electron chi connectivity index (χ2n) is 8.29. The third kappa shape index (κ3) is 4.75. The molecule has 1 unspecified atom stereocenters. The SMILES string of the molecule is CCCCC1(Cc2ccc(S(=O)(=O)N(C)C(C)(C)c3nn[nH]n3)cc2)N=C(Cl)C(CO)=N1. The Hall–Kier alpha value is -2.21. The topological polar surface area (TPSA) is 137 Å². The van der Waals surface area contributed by atoms with Crippen LogP contribution in [0.1, 0.15) is 51.4 Å². The van der Waals surface area contributed by atoms with Crippen molar-refractivity contribution in [1.82, 2.24) is 24.9 Å². The predicted octanol–water partition coefficient (Wildman–Crippen LogP) is 2.27. The van der Waals surface area contributed by atoms with Crippen molar-refractivity contribution >= 4 is 32.5 Å². The Morgan fingerprint density at radius 2 is 1.91 bits per heavy atom. The Kier molecular flexibility index (Phi) is 7.13. The minimum Gasteiger partial charge on any atom is -0.390 e. The first-order valence-electron chi connectivity index (χ1n) is 10.3. The lowest BCUT2D eigenvalue weighted by Gasteiger charge is -2.31. The van der Waals surface area contributed by atoms with Crippen molar-refractivity contribution < 1.29 is 13.5 Å². The number of sulfonamides is 1. The molecule has 2 heterocycles. The highest BCUT2D eigenvalue weighted by atomic mass is 35.5. The third-order valence-electron chi connectivity index (χ3n) is 5.72. The molecule has 0 bridgehead atoms. The standard InChI is InChI=1S/C20H28ClN7O3S/c1-5-6-11-20(22-16(13-29)17(21)23-20)12-14-7-9-15(10-8-14)32(30,31)28(4)19(2,3)18-24-26-27-25-18/h7-10,29H,5-6,11-13H2,1-4H3,(H,24,25,26,27). The molecule has 10 nitrogen and oxygen atoms in total. The zero-order valence-corrected chi connectivity index (χ0v) is 20.2. The minimum absolute atomic E-state index is 0.149. The van der Waals surface area contributed by atoms with E-state index in [9.17, 15) is 13.5 Å². The molecule has 0 fully saturated rings. The van der Waals surface area contributed by atoms with Crippen LogP contribution in [-0.2, 0) is 22.0 Å². The van der Waals surface area contributed by atoms with Crippen molar-refractivity contribution in [2.45, 2.75) is 62.6 Å². The number of aromatic amines is 1. The van der Waals surface area contributed by atoms with E-state index in [-0.39, 0.29) is 22.5 Å². The normalized spacial score (nSPS) is 19.3. The van der Waals surface area contributed by atoms with E-state index >= 15 is 0 Å². The van der Waals surface area contributed by atoms with Gasteiger partial charge in [0, 0.05) is 13.5 Å². The quantitative estimate of drug-likeness (QED) is 0.534. The van der Waals surface area contributed by atoms with E-state index in [2.05, 4.69) is 37.5 Å². The summed E-state index contributed by atoms with van der Waals surface area (Å²) in [5.74, 6) is 0.270. The Balaban J connectivity index is 1.84. The van der Waals surface area contributed by atoms with Gasteiger partial charge < -0.3 is 5.11 Å². The number of nitrogens with zero attached hydrogens (tertiary/aromatic N) is 6. The number of rotatable bonds is 10. The highest BCUT2D eigenvalue weighted by Crippen LogP contribution is 2.33. The maximum atomic E-state index is 13.2. The summed E-state index contributed by atoms with van der Waals surface area (Å²) < 4.78 is 27.6. The molecule has 0 saturated carbocycles. The van der Waals surface area contributed by atoms with Crippen LogP contribution in [-0.4, -0.2) is 68.7 Å². The number of hydrogen-bond acceptors (Lipinski definition) is 8. The Morgan fingerprint density at radius 1 is 1.22 bits per heavy atom. The number of aromatic nitrogens is 4. The summed E-state index contributed by atoms with van der Waals surface area (Å²) in [7, 11) is -2.33. The summed E-state index contributed by atoms with van der Waals surface area (Å²) in [6, 6.07) is 6.65. The number of aliphatic hydroxyl groups is 1. The molecule has 0 aliphatic carbocycles.